The second-order valence-electron chi connectivity index (χ2n) is 5.92. The van der Waals surface area contributed by atoms with Gasteiger partial charge in [0, 0.05) is 22.6 Å². The highest BCUT2D eigenvalue weighted by atomic mass is 79.9. The Labute approximate surface area is 124 Å². The Bertz CT molecular complexity index is 460. The van der Waals surface area contributed by atoms with Crippen LogP contribution < -0.4 is 0 Å². The van der Waals surface area contributed by atoms with Gasteiger partial charge >= 0.3 is 0 Å². The molecule has 19 heavy (non-hydrogen) atoms. The van der Waals surface area contributed by atoms with Crippen LogP contribution in [0, 0.1) is 11.8 Å². The van der Waals surface area contributed by atoms with Gasteiger partial charge in [0.2, 0.25) is 0 Å². The fourth-order valence-electron chi connectivity index (χ4n) is 2.98. The number of nitrogens with zero attached hydrogens (tertiary/aromatic N) is 1. The van der Waals surface area contributed by atoms with E-state index < -0.39 is 0 Å². The molecule has 0 N–H and O–H groups in total. The SMILES string of the molecule is CC1CC(C)C(C)N(CC(=O)c2cccc(Br)c2)C1. The molecule has 0 amide bonds. The van der Waals surface area contributed by atoms with Gasteiger partial charge in [0.25, 0.3) is 0 Å². The number of carbonyl (C=O) groups is 1. The van der Waals surface area contributed by atoms with E-state index in [1.54, 1.807) is 0 Å². The van der Waals surface area contributed by atoms with Crippen molar-refractivity contribution < 1.29 is 4.79 Å². The fourth-order valence-corrected chi connectivity index (χ4v) is 3.38. The number of likely N-dealkylation sites (tertiary alicyclic amines) is 1. The van der Waals surface area contributed by atoms with Crippen molar-refractivity contribution in [2.24, 2.45) is 11.8 Å². The topological polar surface area (TPSA) is 20.3 Å². The fraction of sp³-hybridized carbons (Fsp3) is 0.562. The molecule has 3 heteroatoms. The number of carbonyl (C=O) groups excluding carboxylic acids is 1. The number of hydrogen-bond donors (Lipinski definition) is 0. The van der Waals surface area contributed by atoms with Gasteiger partial charge in [-0.25, -0.2) is 0 Å². The van der Waals surface area contributed by atoms with Gasteiger partial charge in [0.15, 0.2) is 5.78 Å². The molecule has 3 atom stereocenters. The third kappa shape index (κ3) is 3.67. The van der Waals surface area contributed by atoms with Crippen molar-refractivity contribution in [1.29, 1.82) is 0 Å². The lowest BCUT2D eigenvalue weighted by atomic mass is 9.86. The van der Waals surface area contributed by atoms with Crippen LogP contribution >= 0.6 is 15.9 Å². The summed E-state index contributed by atoms with van der Waals surface area (Å²) in [5, 5.41) is 0. The van der Waals surface area contributed by atoms with Crippen molar-refractivity contribution in [3.8, 4) is 0 Å². The zero-order valence-corrected chi connectivity index (χ0v) is 13.5. The molecule has 1 aliphatic rings. The summed E-state index contributed by atoms with van der Waals surface area (Å²) in [7, 11) is 0. The molecule has 0 aromatic heterocycles. The molecule has 1 aromatic rings. The van der Waals surface area contributed by atoms with E-state index in [1.165, 1.54) is 6.42 Å². The lowest BCUT2D eigenvalue weighted by Gasteiger charge is -2.40. The van der Waals surface area contributed by atoms with Gasteiger partial charge in [-0.1, -0.05) is 41.9 Å². The summed E-state index contributed by atoms with van der Waals surface area (Å²) in [6, 6.07) is 8.16. The van der Waals surface area contributed by atoms with Gasteiger partial charge < -0.3 is 0 Å². The Hall–Kier alpha value is -0.670. The largest absolute Gasteiger partial charge is 0.293 e. The Morgan fingerprint density at radius 2 is 2.11 bits per heavy atom. The molecule has 0 radical (unpaired) electrons. The van der Waals surface area contributed by atoms with Gasteiger partial charge in [-0.05, 0) is 37.3 Å². The summed E-state index contributed by atoms with van der Waals surface area (Å²) in [6.45, 7) is 8.37. The smallest absolute Gasteiger partial charge is 0.176 e. The zero-order chi connectivity index (χ0) is 14.0. The highest BCUT2D eigenvalue weighted by Gasteiger charge is 2.29. The molecule has 0 saturated carbocycles. The maximum absolute atomic E-state index is 12.4. The predicted octanol–water partition coefficient (Wildman–Crippen LogP) is 4.00. The van der Waals surface area contributed by atoms with Crippen molar-refractivity contribution in [2.45, 2.75) is 33.2 Å². The lowest BCUT2D eigenvalue weighted by molar-refractivity contribution is 0.0650. The molecule has 0 spiro atoms. The number of ketones is 1. The minimum absolute atomic E-state index is 0.217. The Morgan fingerprint density at radius 3 is 2.79 bits per heavy atom. The van der Waals surface area contributed by atoms with E-state index in [9.17, 15) is 4.79 Å². The summed E-state index contributed by atoms with van der Waals surface area (Å²) in [5.74, 6) is 1.56. The zero-order valence-electron chi connectivity index (χ0n) is 11.9. The maximum atomic E-state index is 12.4. The first-order valence-electron chi connectivity index (χ1n) is 7.00. The van der Waals surface area contributed by atoms with E-state index in [1.807, 2.05) is 24.3 Å². The van der Waals surface area contributed by atoms with Crippen LogP contribution in [0.25, 0.3) is 0 Å². The average molecular weight is 324 g/mol. The molecule has 0 bridgehead atoms. The van der Waals surface area contributed by atoms with E-state index in [-0.39, 0.29) is 5.78 Å². The molecule has 2 rings (SSSR count). The predicted molar refractivity (Wildman–Crippen MR) is 82.5 cm³/mol. The van der Waals surface area contributed by atoms with Gasteiger partial charge in [-0.2, -0.15) is 0 Å². The summed E-state index contributed by atoms with van der Waals surface area (Å²) in [6.07, 6.45) is 1.27. The van der Waals surface area contributed by atoms with Gasteiger partial charge in [-0.15, -0.1) is 0 Å². The van der Waals surface area contributed by atoms with Crippen molar-refractivity contribution in [2.75, 3.05) is 13.1 Å². The van der Waals surface area contributed by atoms with Gasteiger partial charge in [0.1, 0.15) is 0 Å². The molecular weight excluding hydrogens is 302 g/mol. The molecular formula is C16H22BrNO. The van der Waals surface area contributed by atoms with Crippen LogP contribution in [0.5, 0.6) is 0 Å². The molecule has 104 valence electrons. The highest BCUT2D eigenvalue weighted by Crippen LogP contribution is 2.27. The van der Waals surface area contributed by atoms with Crippen LogP contribution in [0.1, 0.15) is 37.6 Å². The molecule has 1 aromatic carbocycles. The van der Waals surface area contributed by atoms with Crippen LogP contribution in [-0.2, 0) is 0 Å². The number of Topliss-reactive ketones (excluding diaryl/α,β-unsaturated/α-hetero) is 1. The summed E-state index contributed by atoms with van der Waals surface area (Å²) in [4.78, 5) is 14.7. The molecule has 1 saturated heterocycles. The van der Waals surface area contributed by atoms with Gasteiger partial charge in [0.05, 0.1) is 6.54 Å². The highest BCUT2D eigenvalue weighted by molar-refractivity contribution is 9.10. The van der Waals surface area contributed by atoms with Crippen molar-refractivity contribution in [3.63, 3.8) is 0 Å². The number of benzene rings is 1. The van der Waals surface area contributed by atoms with Crippen LogP contribution in [0.3, 0.4) is 0 Å². The number of halogens is 1. The molecule has 1 heterocycles. The van der Waals surface area contributed by atoms with Crippen molar-refractivity contribution in [1.82, 2.24) is 4.90 Å². The quantitative estimate of drug-likeness (QED) is 0.784. The Morgan fingerprint density at radius 1 is 1.37 bits per heavy atom. The van der Waals surface area contributed by atoms with Crippen molar-refractivity contribution in [3.05, 3.63) is 34.3 Å². The van der Waals surface area contributed by atoms with E-state index in [0.29, 0.717) is 24.4 Å². The third-order valence-corrected chi connectivity index (χ3v) is 4.71. The van der Waals surface area contributed by atoms with Gasteiger partial charge in [-0.3, -0.25) is 9.69 Å². The Balaban J connectivity index is 2.05. The van der Waals surface area contributed by atoms with Crippen LogP contribution in [0.15, 0.2) is 28.7 Å². The summed E-state index contributed by atoms with van der Waals surface area (Å²) < 4.78 is 0.965. The van der Waals surface area contributed by atoms with E-state index >= 15 is 0 Å². The number of hydrogen-bond acceptors (Lipinski definition) is 2. The monoisotopic (exact) mass is 323 g/mol. The maximum Gasteiger partial charge on any atom is 0.176 e. The molecule has 1 aliphatic heterocycles. The summed E-state index contributed by atoms with van der Waals surface area (Å²) in [5.41, 5.74) is 0.799. The van der Waals surface area contributed by atoms with E-state index in [0.717, 1.165) is 16.6 Å². The first-order chi connectivity index (χ1) is 8.97. The normalized spacial score (nSPS) is 28.3. The lowest BCUT2D eigenvalue weighted by Crippen LogP contribution is -2.47. The third-order valence-electron chi connectivity index (χ3n) is 4.21. The standard InChI is InChI=1S/C16H22BrNO/c1-11-7-12(2)13(3)18(9-11)10-16(19)14-5-4-6-15(17)8-14/h4-6,8,11-13H,7,9-10H2,1-3H3. The summed E-state index contributed by atoms with van der Waals surface area (Å²) >= 11 is 3.42. The van der Waals surface area contributed by atoms with Crippen molar-refractivity contribution >= 4 is 21.7 Å². The number of rotatable bonds is 3. The Kier molecular flexibility index (Phi) is 4.80. The minimum Gasteiger partial charge on any atom is -0.293 e. The second kappa shape index (κ2) is 6.19. The molecule has 3 unspecified atom stereocenters. The first-order valence-corrected chi connectivity index (χ1v) is 7.79. The van der Waals surface area contributed by atoms with E-state index in [4.69, 9.17) is 0 Å². The van der Waals surface area contributed by atoms with E-state index in [2.05, 4.69) is 41.6 Å². The second-order valence-corrected chi connectivity index (χ2v) is 6.84. The molecule has 0 aliphatic carbocycles. The van der Waals surface area contributed by atoms with Crippen LogP contribution in [0.2, 0.25) is 0 Å². The average Bonchev–Trinajstić information content (AvgIpc) is 2.35. The number of piperidine rings is 1. The molecule has 2 nitrogen and oxygen atoms in total. The van der Waals surface area contributed by atoms with Crippen LogP contribution in [-0.4, -0.2) is 29.8 Å². The minimum atomic E-state index is 0.217. The molecule has 1 fully saturated rings. The van der Waals surface area contributed by atoms with Crippen LogP contribution in [0.4, 0.5) is 0 Å². The first kappa shape index (κ1) is 14.7.